The van der Waals surface area contributed by atoms with Crippen molar-refractivity contribution in [3.8, 4) is 5.75 Å². The molecule has 0 aromatic heterocycles. The SMILES string of the molecule is CCOc1ccc(C2=C(N3CCN(c4ccccc4)CC3)C(=O)N(CC)C2=O)cc1. The molecule has 0 bridgehead atoms. The van der Waals surface area contributed by atoms with Gasteiger partial charge in [0.25, 0.3) is 11.8 Å². The van der Waals surface area contributed by atoms with Crippen molar-refractivity contribution in [2.45, 2.75) is 13.8 Å². The average Bonchev–Trinajstić information content (AvgIpc) is 3.04. The fourth-order valence-electron chi connectivity index (χ4n) is 4.12. The lowest BCUT2D eigenvalue weighted by Crippen LogP contribution is -2.47. The van der Waals surface area contributed by atoms with Crippen LogP contribution >= 0.6 is 0 Å². The minimum atomic E-state index is -0.216. The highest BCUT2D eigenvalue weighted by atomic mass is 16.5. The topological polar surface area (TPSA) is 53.1 Å². The molecule has 2 aromatic carbocycles. The number of hydrogen-bond acceptors (Lipinski definition) is 5. The molecule has 0 atom stereocenters. The lowest BCUT2D eigenvalue weighted by atomic mass is 10.0. The zero-order valence-corrected chi connectivity index (χ0v) is 17.5. The number of anilines is 1. The van der Waals surface area contributed by atoms with E-state index in [2.05, 4.69) is 21.9 Å². The fourth-order valence-corrected chi connectivity index (χ4v) is 4.12. The molecule has 0 aliphatic carbocycles. The van der Waals surface area contributed by atoms with Gasteiger partial charge in [-0.3, -0.25) is 14.5 Å². The minimum Gasteiger partial charge on any atom is -0.494 e. The standard InChI is InChI=1S/C24H27N3O3/c1-3-27-23(28)21(18-10-12-20(13-11-18)30-4-2)22(24(27)29)26-16-14-25(15-17-26)19-8-6-5-7-9-19/h5-13H,3-4,14-17H2,1-2H3. The van der Waals surface area contributed by atoms with Gasteiger partial charge in [0.05, 0.1) is 12.2 Å². The number of rotatable bonds is 6. The number of carbonyl (C=O) groups is 2. The number of ether oxygens (including phenoxy) is 1. The molecule has 0 saturated carbocycles. The van der Waals surface area contributed by atoms with E-state index < -0.39 is 0 Å². The number of likely N-dealkylation sites (N-methyl/N-ethyl adjacent to an activating group) is 1. The molecule has 6 heteroatoms. The molecule has 2 aromatic rings. The molecule has 1 fully saturated rings. The summed E-state index contributed by atoms with van der Waals surface area (Å²) in [4.78, 5) is 31.9. The Kier molecular flexibility index (Phi) is 5.74. The Bertz CT molecular complexity index is 945. The second kappa shape index (κ2) is 8.61. The number of benzene rings is 2. The van der Waals surface area contributed by atoms with Crippen LogP contribution in [-0.2, 0) is 9.59 Å². The van der Waals surface area contributed by atoms with Crippen molar-refractivity contribution in [2.24, 2.45) is 0 Å². The van der Waals surface area contributed by atoms with E-state index in [1.165, 1.54) is 10.6 Å². The van der Waals surface area contributed by atoms with Crippen LogP contribution in [0.25, 0.3) is 5.57 Å². The molecule has 1 saturated heterocycles. The first kappa shape index (κ1) is 20.0. The number of amides is 2. The van der Waals surface area contributed by atoms with Gasteiger partial charge >= 0.3 is 0 Å². The number of carbonyl (C=O) groups excluding carboxylic acids is 2. The largest absolute Gasteiger partial charge is 0.494 e. The van der Waals surface area contributed by atoms with Crippen molar-refractivity contribution >= 4 is 23.1 Å². The van der Waals surface area contributed by atoms with Crippen LogP contribution in [-0.4, -0.2) is 60.9 Å². The lowest BCUT2D eigenvalue weighted by Gasteiger charge is -2.37. The maximum atomic E-state index is 13.1. The molecule has 2 aliphatic rings. The quantitative estimate of drug-likeness (QED) is 0.692. The molecular formula is C24H27N3O3. The van der Waals surface area contributed by atoms with Gasteiger partial charge in [-0.1, -0.05) is 30.3 Å². The molecule has 0 radical (unpaired) electrons. The van der Waals surface area contributed by atoms with E-state index in [-0.39, 0.29) is 11.8 Å². The van der Waals surface area contributed by atoms with Crippen LogP contribution in [0.5, 0.6) is 5.75 Å². The molecule has 6 nitrogen and oxygen atoms in total. The van der Waals surface area contributed by atoms with Crippen LogP contribution in [0.15, 0.2) is 60.3 Å². The van der Waals surface area contributed by atoms with E-state index in [1.807, 2.05) is 56.3 Å². The molecular weight excluding hydrogens is 378 g/mol. The summed E-state index contributed by atoms with van der Waals surface area (Å²) in [6.45, 7) is 7.72. The second-order valence-corrected chi connectivity index (χ2v) is 7.35. The van der Waals surface area contributed by atoms with Crippen LogP contribution in [0.3, 0.4) is 0 Å². The zero-order chi connectivity index (χ0) is 21.1. The van der Waals surface area contributed by atoms with E-state index in [0.717, 1.165) is 24.4 Å². The van der Waals surface area contributed by atoms with E-state index in [0.29, 0.717) is 37.5 Å². The first-order valence-corrected chi connectivity index (χ1v) is 10.5. The third-order valence-corrected chi connectivity index (χ3v) is 5.63. The third kappa shape index (κ3) is 3.65. The van der Waals surface area contributed by atoms with Crippen LogP contribution in [0.1, 0.15) is 19.4 Å². The van der Waals surface area contributed by atoms with Gasteiger partial charge in [-0.15, -0.1) is 0 Å². The molecule has 2 amide bonds. The van der Waals surface area contributed by atoms with Crippen LogP contribution in [0.4, 0.5) is 5.69 Å². The first-order chi connectivity index (χ1) is 14.6. The molecule has 2 heterocycles. The van der Waals surface area contributed by atoms with E-state index in [4.69, 9.17) is 4.74 Å². The predicted molar refractivity (Wildman–Crippen MR) is 117 cm³/mol. The summed E-state index contributed by atoms with van der Waals surface area (Å²) in [6.07, 6.45) is 0. The molecule has 0 spiro atoms. The van der Waals surface area contributed by atoms with E-state index >= 15 is 0 Å². The first-order valence-electron chi connectivity index (χ1n) is 10.5. The Morgan fingerprint density at radius 2 is 1.43 bits per heavy atom. The minimum absolute atomic E-state index is 0.195. The van der Waals surface area contributed by atoms with Crippen molar-refractivity contribution < 1.29 is 14.3 Å². The summed E-state index contributed by atoms with van der Waals surface area (Å²) in [7, 11) is 0. The van der Waals surface area contributed by atoms with Crippen LogP contribution in [0, 0.1) is 0 Å². The highest BCUT2D eigenvalue weighted by Gasteiger charge is 2.41. The van der Waals surface area contributed by atoms with E-state index in [9.17, 15) is 9.59 Å². The molecule has 4 rings (SSSR count). The van der Waals surface area contributed by atoms with E-state index in [1.54, 1.807) is 0 Å². The monoisotopic (exact) mass is 405 g/mol. The maximum Gasteiger partial charge on any atom is 0.277 e. The summed E-state index contributed by atoms with van der Waals surface area (Å²) < 4.78 is 5.52. The molecule has 0 unspecified atom stereocenters. The predicted octanol–water partition coefficient (Wildman–Crippen LogP) is 3.01. The summed E-state index contributed by atoms with van der Waals surface area (Å²) >= 11 is 0. The highest BCUT2D eigenvalue weighted by Crippen LogP contribution is 2.33. The lowest BCUT2D eigenvalue weighted by molar-refractivity contribution is -0.137. The Labute approximate surface area is 177 Å². The molecule has 0 N–H and O–H groups in total. The van der Waals surface area contributed by atoms with Crippen molar-refractivity contribution in [2.75, 3.05) is 44.2 Å². The smallest absolute Gasteiger partial charge is 0.277 e. The molecule has 30 heavy (non-hydrogen) atoms. The normalized spacial score (nSPS) is 17.2. The number of piperazine rings is 1. The highest BCUT2D eigenvalue weighted by molar-refractivity contribution is 6.35. The van der Waals surface area contributed by atoms with Crippen molar-refractivity contribution in [1.82, 2.24) is 9.80 Å². The van der Waals surface area contributed by atoms with Gasteiger partial charge in [0, 0.05) is 38.4 Å². The number of para-hydroxylation sites is 1. The Hall–Kier alpha value is -3.28. The summed E-state index contributed by atoms with van der Waals surface area (Å²) in [5.74, 6) is 0.343. The van der Waals surface area contributed by atoms with Crippen molar-refractivity contribution in [1.29, 1.82) is 0 Å². The van der Waals surface area contributed by atoms with Gasteiger partial charge in [0.15, 0.2) is 0 Å². The molecule has 2 aliphatic heterocycles. The summed E-state index contributed by atoms with van der Waals surface area (Å²) in [5.41, 5.74) is 2.96. The van der Waals surface area contributed by atoms with Gasteiger partial charge in [0.2, 0.25) is 0 Å². The van der Waals surface area contributed by atoms with Gasteiger partial charge in [-0.2, -0.15) is 0 Å². The van der Waals surface area contributed by atoms with Crippen LogP contribution in [0.2, 0.25) is 0 Å². The van der Waals surface area contributed by atoms with Gasteiger partial charge < -0.3 is 14.5 Å². The fraction of sp³-hybridized carbons (Fsp3) is 0.333. The Balaban J connectivity index is 1.62. The van der Waals surface area contributed by atoms with Crippen molar-refractivity contribution in [3.63, 3.8) is 0 Å². The number of nitrogens with zero attached hydrogens (tertiary/aromatic N) is 3. The Morgan fingerprint density at radius 1 is 0.800 bits per heavy atom. The number of imide groups is 1. The third-order valence-electron chi connectivity index (χ3n) is 5.63. The van der Waals surface area contributed by atoms with Crippen molar-refractivity contribution in [3.05, 3.63) is 65.9 Å². The number of hydrogen-bond donors (Lipinski definition) is 0. The summed E-state index contributed by atoms with van der Waals surface area (Å²) in [5, 5.41) is 0. The average molecular weight is 405 g/mol. The van der Waals surface area contributed by atoms with Gasteiger partial charge in [-0.25, -0.2) is 0 Å². The molecule has 156 valence electrons. The maximum absolute atomic E-state index is 13.1. The van der Waals surface area contributed by atoms with Gasteiger partial charge in [0.1, 0.15) is 11.4 Å². The van der Waals surface area contributed by atoms with Crippen LogP contribution < -0.4 is 9.64 Å². The summed E-state index contributed by atoms with van der Waals surface area (Å²) in [6, 6.07) is 17.7. The Morgan fingerprint density at radius 3 is 2.03 bits per heavy atom. The zero-order valence-electron chi connectivity index (χ0n) is 17.5. The van der Waals surface area contributed by atoms with Gasteiger partial charge in [-0.05, 0) is 43.7 Å². The second-order valence-electron chi connectivity index (χ2n) is 7.35.